The number of anilines is 3. The van der Waals surface area contributed by atoms with Crippen molar-refractivity contribution in [3.63, 3.8) is 0 Å². The summed E-state index contributed by atoms with van der Waals surface area (Å²) in [4.78, 5) is 18.8. The van der Waals surface area contributed by atoms with Crippen LogP contribution in [0.5, 0.6) is 0 Å². The molecule has 28 heavy (non-hydrogen) atoms. The van der Waals surface area contributed by atoms with Crippen LogP contribution in [0.25, 0.3) is 11.0 Å². The van der Waals surface area contributed by atoms with Crippen LogP contribution in [0.4, 0.5) is 30.2 Å². The predicted molar refractivity (Wildman–Crippen MR) is 104 cm³/mol. The number of aromatic nitrogens is 2. The van der Waals surface area contributed by atoms with Gasteiger partial charge in [0.25, 0.3) is 0 Å². The molecule has 0 bridgehead atoms. The first-order chi connectivity index (χ1) is 13.3. The second-order valence-corrected chi connectivity index (χ2v) is 7.27. The molecule has 0 aliphatic carbocycles. The number of nitrogens with zero attached hydrogens (tertiary/aromatic N) is 1. The highest BCUT2D eigenvalue weighted by Crippen LogP contribution is 2.36. The van der Waals surface area contributed by atoms with E-state index in [0.717, 1.165) is 33.7 Å². The van der Waals surface area contributed by atoms with Crippen molar-refractivity contribution < 1.29 is 13.2 Å². The van der Waals surface area contributed by atoms with Gasteiger partial charge in [-0.05, 0) is 61.7 Å². The maximum atomic E-state index is 12.8. The Morgan fingerprint density at radius 2 is 1.75 bits per heavy atom. The van der Waals surface area contributed by atoms with Crippen molar-refractivity contribution in [1.29, 1.82) is 0 Å². The third-order valence-corrected chi connectivity index (χ3v) is 5.33. The van der Waals surface area contributed by atoms with E-state index >= 15 is 0 Å². The topological polar surface area (TPSA) is 63.9 Å². The SMILES string of the molecule is Cc1cc(N2CCC(C(F)(F)F)CC2)ccc1Nc1ccc2[nH]c(=O)[nH]c2c1. The van der Waals surface area contributed by atoms with Gasteiger partial charge >= 0.3 is 11.9 Å². The Hall–Kier alpha value is -2.90. The van der Waals surface area contributed by atoms with Crippen LogP contribution >= 0.6 is 0 Å². The van der Waals surface area contributed by atoms with Crippen LogP contribution in [0, 0.1) is 12.8 Å². The standard InChI is InChI=1S/C20H21F3N4O/c1-12-10-15(27-8-6-13(7-9-27)20(21,22)23)3-5-16(12)24-14-2-4-17-18(11-14)26-19(28)25-17/h2-5,10-11,13,24H,6-9H2,1H3,(H2,25,26,28). The number of rotatable bonds is 3. The Morgan fingerprint density at radius 1 is 1.04 bits per heavy atom. The lowest BCUT2D eigenvalue weighted by Crippen LogP contribution is -2.39. The molecule has 2 aromatic carbocycles. The van der Waals surface area contributed by atoms with E-state index in [9.17, 15) is 18.0 Å². The summed E-state index contributed by atoms with van der Waals surface area (Å²) in [5.41, 5.74) is 4.90. The van der Waals surface area contributed by atoms with Crippen molar-refractivity contribution in [3.8, 4) is 0 Å². The smallest absolute Gasteiger partial charge is 0.371 e. The van der Waals surface area contributed by atoms with E-state index in [2.05, 4.69) is 15.3 Å². The summed E-state index contributed by atoms with van der Waals surface area (Å²) >= 11 is 0. The zero-order chi connectivity index (χ0) is 19.9. The van der Waals surface area contributed by atoms with E-state index in [1.54, 1.807) is 0 Å². The Kier molecular flexibility index (Phi) is 4.56. The van der Waals surface area contributed by atoms with Gasteiger partial charge in [0.15, 0.2) is 0 Å². The average molecular weight is 390 g/mol. The Balaban J connectivity index is 1.47. The predicted octanol–water partition coefficient (Wildman–Crippen LogP) is 4.69. The highest BCUT2D eigenvalue weighted by atomic mass is 19.4. The van der Waals surface area contributed by atoms with Crippen LogP contribution in [-0.4, -0.2) is 29.2 Å². The lowest BCUT2D eigenvalue weighted by molar-refractivity contribution is -0.179. The van der Waals surface area contributed by atoms with Gasteiger partial charge in [0.2, 0.25) is 0 Å². The van der Waals surface area contributed by atoms with Crippen LogP contribution in [0.3, 0.4) is 0 Å². The summed E-state index contributed by atoms with van der Waals surface area (Å²) < 4.78 is 38.5. The summed E-state index contributed by atoms with van der Waals surface area (Å²) in [6.45, 7) is 2.78. The molecule has 1 fully saturated rings. The fraction of sp³-hybridized carbons (Fsp3) is 0.350. The number of hydrogen-bond donors (Lipinski definition) is 3. The van der Waals surface area contributed by atoms with Crippen molar-refractivity contribution in [2.45, 2.75) is 25.9 Å². The van der Waals surface area contributed by atoms with E-state index in [1.165, 1.54) is 0 Å². The molecule has 2 heterocycles. The normalized spacial score (nSPS) is 15.9. The molecule has 5 nitrogen and oxygen atoms in total. The Morgan fingerprint density at radius 3 is 2.43 bits per heavy atom. The van der Waals surface area contributed by atoms with Crippen molar-refractivity contribution in [1.82, 2.24) is 9.97 Å². The van der Waals surface area contributed by atoms with Gasteiger partial charge in [0.05, 0.1) is 17.0 Å². The minimum absolute atomic E-state index is 0.136. The van der Waals surface area contributed by atoms with Gasteiger partial charge in [0.1, 0.15) is 0 Å². The van der Waals surface area contributed by atoms with Crippen LogP contribution in [-0.2, 0) is 0 Å². The minimum atomic E-state index is -4.10. The fourth-order valence-corrected chi connectivity index (χ4v) is 3.72. The second kappa shape index (κ2) is 6.92. The lowest BCUT2D eigenvalue weighted by Gasteiger charge is -2.34. The molecule has 148 valence electrons. The zero-order valence-electron chi connectivity index (χ0n) is 15.4. The van der Waals surface area contributed by atoms with E-state index in [0.29, 0.717) is 13.1 Å². The van der Waals surface area contributed by atoms with Crippen LogP contribution in [0.1, 0.15) is 18.4 Å². The molecule has 8 heteroatoms. The fourth-order valence-electron chi connectivity index (χ4n) is 3.72. The number of imidazole rings is 1. The number of nitrogens with one attached hydrogen (secondary N) is 3. The Labute approximate surface area is 159 Å². The molecule has 1 aliphatic rings. The van der Waals surface area contributed by atoms with Crippen LogP contribution < -0.4 is 15.9 Å². The van der Waals surface area contributed by atoms with E-state index < -0.39 is 12.1 Å². The molecule has 0 spiro atoms. The van der Waals surface area contributed by atoms with Gasteiger partial charge in [-0.1, -0.05) is 0 Å². The molecule has 0 atom stereocenters. The number of fused-ring (bicyclic) bond motifs is 1. The number of halogens is 3. The van der Waals surface area contributed by atoms with Gasteiger partial charge in [-0.2, -0.15) is 13.2 Å². The molecule has 1 saturated heterocycles. The lowest BCUT2D eigenvalue weighted by atomic mass is 9.96. The molecule has 3 aromatic rings. The number of alkyl halides is 3. The summed E-state index contributed by atoms with van der Waals surface area (Å²) in [5.74, 6) is -1.19. The van der Waals surface area contributed by atoms with Gasteiger partial charge < -0.3 is 20.2 Å². The maximum Gasteiger partial charge on any atom is 0.391 e. The number of aromatic amines is 2. The first kappa shape index (κ1) is 18.5. The Bertz CT molecular complexity index is 1050. The number of H-pyrrole nitrogens is 2. The van der Waals surface area contributed by atoms with E-state index in [4.69, 9.17) is 0 Å². The number of aryl methyl sites for hydroxylation is 1. The second-order valence-electron chi connectivity index (χ2n) is 7.27. The third kappa shape index (κ3) is 3.72. The average Bonchev–Trinajstić information content (AvgIpc) is 3.02. The molecular weight excluding hydrogens is 369 g/mol. The largest absolute Gasteiger partial charge is 0.391 e. The van der Waals surface area contributed by atoms with Crippen molar-refractivity contribution >= 4 is 28.1 Å². The monoisotopic (exact) mass is 390 g/mol. The molecule has 3 N–H and O–H groups in total. The minimum Gasteiger partial charge on any atom is -0.371 e. The highest BCUT2D eigenvalue weighted by molar-refractivity contribution is 5.80. The van der Waals surface area contributed by atoms with Gasteiger partial charge in [0, 0.05) is 30.2 Å². The van der Waals surface area contributed by atoms with E-state index in [-0.39, 0.29) is 18.5 Å². The molecular formula is C20H21F3N4O. The first-order valence-electron chi connectivity index (χ1n) is 9.21. The molecule has 0 amide bonds. The molecule has 4 rings (SSSR count). The van der Waals surface area contributed by atoms with Gasteiger partial charge in [-0.3, -0.25) is 0 Å². The van der Waals surface area contributed by atoms with Crippen molar-refractivity contribution in [2.75, 3.05) is 23.3 Å². The molecule has 0 unspecified atom stereocenters. The summed E-state index contributed by atoms with van der Waals surface area (Å²) in [7, 11) is 0. The van der Waals surface area contributed by atoms with Crippen molar-refractivity contribution in [2.24, 2.45) is 5.92 Å². The quantitative estimate of drug-likeness (QED) is 0.608. The number of benzene rings is 2. The molecule has 1 aliphatic heterocycles. The zero-order valence-corrected chi connectivity index (χ0v) is 15.4. The maximum absolute atomic E-state index is 12.8. The number of hydrogen-bond acceptors (Lipinski definition) is 3. The van der Waals surface area contributed by atoms with Gasteiger partial charge in [-0.15, -0.1) is 0 Å². The van der Waals surface area contributed by atoms with Crippen molar-refractivity contribution in [3.05, 3.63) is 52.4 Å². The summed E-state index contributed by atoms with van der Waals surface area (Å²) in [6.07, 6.45) is -3.82. The molecule has 1 aromatic heterocycles. The molecule has 0 radical (unpaired) electrons. The number of piperidine rings is 1. The molecule has 0 saturated carbocycles. The first-order valence-corrected chi connectivity index (χ1v) is 9.21. The third-order valence-electron chi connectivity index (χ3n) is 5.33. The highest BCUT2D eigenvalue weighted by Gasteiger charge is 2.41. The van der Waals surface area contributed by atoms with Crippen LogP contribution in [0.15, 0.2) is 41.2 Å². The summed E-state index contributed by atoms with van der Waals surface area (Å²) in [5, 5.41) is 3.33. The van der Waals surface area contributed by atoms with Gasteiger partial charge in [-0.25, -0.2) is 4.79 Å². The van der Waals surface area contributed by atoms with Crippen LogP contribution in [0.2, 0.25) is 0 Å². The summed E-state index contributed by atoms with van der Waals surface area (Å²) in [6, 6.07) is 11.4. The van der Waals surface area contributed by atoms with E-state index in [1.807, 2.05) is 48.2 Å².